The summed E-state index contributed by atoms with van der Waals surface area (Å²) in [6.45, 7) is 1.12. The predicted octanol–water partition coefficient (Wildman–Crippen LogP) is 3.54. The van der Waals surface area contributed by atoms with Crippen molar-refractivity contribution >= 4 is 21.7 Å². The maximum absolute atomic E-state index is 12.5. The molecule has 0 aliphatic rings. The Kier molecular flexibility index (Phi) is 3.38. The van der Waals surface area contributed by atoms with Gasteiger partial charge in [0, 0.05) is 10.0 Å². The van der Waals surface area contributed by atoms with Gasteiger partial charge in [0.15, 0.2) is 5.78 Å². The number of benzene rings is 1. The quantitative estimate of drug-likeness (QED) is 0.743. The molecule has 0 saturated carbocycles. The topological polar surface area (TPSA) is 40.9 Å². The van der Waals surface area contributed by atoms with Crippen molar-refractivity contribution in [1.29, 1.82) is 5.26 Å². The van der Waals surface area contributed by atoms with Crippen LogP contribution in [0.3, 0.4) is 0 Å². The summed E-state index contributed by atoms with van der Waals surface area (Å²) in [7, 11) is 0. The Bertz CT molecular complexity index is 488. The number of nitrogens with zero attached hydrogens (tertiary/aromatic N) is 1. The van der Waals surface area contributed by atoms with E-state index in [1.807, 2.05) is 0 Å². The Morgan fingerprint density at radius 1 is 1.44 bits per heavy atom. The fraction of sp³-hybridized carbons (Fsp3) is 0.200. The van der Waals surface area contributed by atoms with Crippen LogP contribution in [-0.2, 0) is 6.18 Å². The maximum atomic E-state index is 12.5. The number of hydrogen-bond donors (Lipinski definition) is 0. The second kappa shape index (κ2) is 4.26. The lowest BCUT2D eigenvalue weighted by molar-refractivity contribution is -0.138. The molecule has 0 aliphatic carbocycles. The van der Waals surface area contributed by atoms with Crippen LogP contribution >= 0.6 is 15.9 Å². The monoisotopic (exact) mass is 291 g/mol. The Morgan fingerprint density at radius 3 is 2.38 bits per heavy atom. The zero-order valence-electron chi connectivity index (χ0n) is 8.02. The average Bonchev–Trinajstić information content (AvgIpc) is 2.14. The van der Waals surface area contributed by atoms with Crippen LogP contribution in [0.5, 0.6) is 0 Å². The van der Waals surface area contributed by atoms with Gasteiger partial charge in [-0.1, -0.05) is 15.9 Å². The van der Waals surface area contributed by atoms with Crippen LogP contribution in [0.1, 0.15) is 28.4 Å². The Labute approximate surface area is 97.8 Å². The first kappa shape index (κ1) is 12.7. The molecule has 2 nitrogen and oxygen atoms in total. The van der Waals surface area contributed by atoms with Gasteiger partial charge < -0.3 is 0 Å². The summed E-state index contributed by atoms with van der Waals surface area (Å²) in [6, 6.07) is 3.36. The van der Waals surface area contributed by atoms with Crippen molar-refractivity contribution < 1.29 is 18.0 Å². The summed E-state index contributed by atoms with van der Waals surface area (Å²) in [5, 5.41) is 8.68. The minimum atomic E-state index is -4.56. The van der Waals surface area contributed by atoms with Gasteiger partial charge in [0.25, 0.3) is 0 Å². The van der Waals surface area contributed by atoms with E-state index in [-0.39, 0.29) is 15.6 Å². The van der Waals surface area contributed by atoms with Crippen LogP contribution in [0.25, 0.3) is 0 Å². The van der Waals surface area contributed by atoms with Crippen LogP contribution in [-0.4, -0.2) is 5.78 Å². The van der Waals surface area contributed by atoms with Crippen molar-refractivity contribution in [2.75, 3.05) is 0 Å². The van der Waals surface area contributed by atoms with Gasteiger partial charge in [0.1, 0.15) is 0 Å². The van der Waals surface area contributed by atoms with Crippen molar-refractivity contribution in [3.8, 4) is 6.07 Å². The van der Waals surface area contributed by atoms with Crippen LogP contribution in [0, 0.1) is 11.3 Å². The van der Waals surface area contributed by atoms with E-state index in [4.69, 9.17) is 5.26 Å². The average molecular weight is 292 g/mol. The van der Waals surface area contributed by atoms with Crippen LogP contribution in [0.2, 0.25) is 0 Å². The van der Waals surface area contributed by atoms with E-state index in [9.17, 15) is 18.0 Å². The molecule has 0 saturated heterocycles. The molecule has 0 amide bonds. The molecule has 16 heavy (non-hydrogen) atoms. The molecule has 0 N–H and O–H groups in total. The summed E-state index contributed by atoms with van der Waals surface area (Å²) in [6.07, 6.45) is -4.56. The van der Waals surface area contributed by atoms with Gasteiger partial charge in [0.2, 0.25) is 0 Å². The highest BCUT2D eigenvalue weighted by atomic mass is 79.9. The van der Waals surface area contributed by atoms with E-state index >= 15 is 0 Å². The molecular weight excluding hydrogens is 287 g/mol. The molecule has 0 fully saturated rings. The number of carbonyl (C=O) groups is 1. The number of Topliss-reactive ketones (excluding diaryl/α,β-unsaturated/α-hetero) is 1. The van der Waals surface area contributed by atoms with Crippen molar-refractivity contribution in [2.24, 2.45) is 0 Å². The lowest BCUT2D eigenvalue weighted by Crippen LogP contribution is -2.09. The fourth-order valence-corrected chi connectivity index (χ4v) is 1.74. The van der Waals surface area contributed by atoms with Crippen LogP contribution < -0.4 is 0 Å². The normalized spacial score (nSPS) is 11.0. The number of nitriles is 1. The zero-order chi connectivity index (χ0) is 12.5. The molecule has 0 atom stereocenters. The smallest absolute Gasteiger partial charge is 0.294 e. The standard InChI is InChI=1S/C10H5BrF3NO/c1-5(16)7-3-8(10(12,13)14)9(11)2-6(7)4-15/h2-3H,1H3. The van der Waals surface area contributed by atoms with Crippen molar-refractivity contribution in [2.45, 2.75) is 13.1 Å². The Hall–Kier alpha value is -1.35. The summed E-state index contributed by atoms with van der Waals surface area (Å²) in [4.78, 5) is 11.1. The predicted molar refractivity (Wildman–Crippen MR) is 53.9 cm³/mol. The Morgan fingerprint density at radius 2 is 2.00 bits per heavy atom. The second-order valence-electron chi connectivity index (χ2n) is 3.04. The molecule has 0 spiro atoms. The van der Waals surface area contributed by atoms with E-state index < -0.39 is 17.5 Å². The third-order valence-electron chi connectivity index (χ3n) is 1.91. The highest BCUT2D eigenvalue weighted by Crippen LogP contribution is 2.36. The van der Waals surface area contributed by atoms with Gasteiger partial charge in [-0.05, 0) is 19.1 Å². The van der Waals surface area contributed by atoms with Gasteiger partial charge in [-0.3, -0.25) is 4.79 Å². The first-order chi connectivity index (χ1) is 7.27. The molecule has 0 unspecified atom stereocenters. The molecule has 0 aromatic heterocycles. The number of hydrogen-bond acceptors (Lipinski definition) is 2. The molecule has 0 radical (unpaired) electrons. The van der Waals surface area contributed by atoms with Gasteiger partial charge >= 0.3 is 6.18 Å². The molecule has 0 bridgehead atoms. The zero-order valence-corrected chi connectivity index (χ0v) is 9.61. The fourth-order valence-electron chi connectivity index (χ4n) is 1.17. The first-order valence-corrected chi connectivity index (χ1v) is 4.88. The second-order valence-corrected chi connectivity index (χ2v) is 3.90. The number of carbonyl (C=O) groups excluding carboxylic acids is 1. The maximum Gasteiger partial charge on any atom is 0.417 e. The third kappa shape index (κ3) is 2.42. The minimum absolute atomic E-state index is 0.0765. The summed E-state index contributed by atoms with van der Waals surface area (Å²) in [5.41, 5.74) is -1.26. The van der Waals surface area contributed by atoms with Gasteiger partial charge in [-0.15, -0.1) is 0 Å². The van der Waals surface area contributed by atoms with Crippen molar-refractivity contribution in [3.05, 3.63) is 33.3 Å². The summed E-state index contributed by atoms with van der Waals surface area (Å²) >= 11 is 2.72. The first-order valence-electron chi connectivity index (χ1n) is 4.09. The molecular formula is C10H5BrF3NO. The lowest BCUT2D eigenvalue weighted by Gasteiger charge is -2.11. The number of halogens is 4. The highest BCUT2D eigenvalue weighted by molar-refractivity contribution is 9.10. The van der Waals surface area contributed by atoms with E-state index in [1.165, 1.54) is 0 Å². The summed E-state index contributed by atoms with van der Waals surface area (Å²) < 4.78 is 37.3. The lowest BCUT2D eigenvalue weighted by atomic mass is 10.0. The third-order valence-corrected chi connectivity index (χ3v) is 2.57. The van der Waals surface area contributed by atoms with E-state index in [0.717, 1.165) is 13.0 Å². The minimum Gasteiger partial charge on any atom is -0.294 e. The van der Waals surface area contributed by atoms with Gasteiger partial charge in [0.05, 0.1) is 17.2 Å². The molecule has 0 heterocycles. The number of alkyl halides is 3. The van der Waals surface area contributed by atoms with E-state index in [2.05, 4.69) is 15.9 Å². The molecule has 1 rings (SSSR count). The Balaban J connectivity index is 3.53. The largest absolute Gasteiger partial charge is 0.417 e. The van der Waals surface area contributed by atoms with Crippen molar-refractivity contribution in [1.82, 2.24) is 0 Å². The molecule has 6 heteroatoms. The number of ketones is 1. The highest BCUT2D eigenvalue weighted by Gasteiger charge is 2.34. The number of rotatable bonds is 1. The van der Waals surface area contributed by atoms with Crippen molar-refractivity contribution in [3.63, 3.8) is 0 Å². The molecule has 1 aromatic rings. The van der Waals surface area contributed by atoms with E-state index in [0.29, 0.717) is 6.07 Å². The van der Waals surface area contributed by atoms with E-state index in [1.54, 1.807) is 6.07 Å². The van der Waals surface area contributed by atoms with Gasteiger partial charge in [-0.25, -0.2) is 0 Å². The molecule has 84 valence electrons. The van der Waals surface area contributed by atoms with Crippen LogP contribution in [0.4, 0.5) is 13.2 Å². The molecule has 0 aliphatic heterocycles. The SMILES string of the molecule is CC(=O)c1cc(C(F)(F)F)c(Br)cc1C#N. The molecule has 1 aromatic carbocycles. The van der Waals surface area contributed by atoms with Crippen LogP contribution in [0.15, 0.2) is 16.6 Å². The summed E-state index contributed by atoms with van der Waals surface area (Å²) in [5.74, 6) is -0.574. The van der Waals surface area contributed by atoms with Gasteiger partial charge in [-0.2, -0.15) is 18.4 Å².